The van der Waals surface area contributed by atoms with Crippen LogP contribution >= 0.6 is 0 Å². The molecular weight excluding hydrogens is 316 g/mol. The Balaban J connectivity index is 1.55. The molecule has 1 saturated heterocycles. The quantitative estimate of drug-likeness (QED) is 0.859. The zero-order valence-corrected chi connectivity index (χ0v) is 15.0. The summed E-state index contributed by atoms with van der Waals surface area (Å²) in [4.78, 5) is 2.48. The molecule has 1 heterocycles. The first-order chi connectivity index (χ1) is 12.2. The Morgan fingerprint density at radius 3 is 2.80 bits per heavy atom. The molecule has 1 aliphatic carbocycles. The molecule has 2 aliphatic rings. The molecule has 1 N–H and O–H groups in total. The van der Waals surface area contributed by atoms with Gasteiger partial charge in [0.05, 0.1) is 24.8 Å². The fourth-order valence-electron chi connectivity index (χ4n) is 4.33. The third kappa shape index (κ3) is 4.26. The summed E-state index contributed by atoms with van der Waals surface area (Å²) in [6, 6.07) is 7.84. The minimum absolute atomic E-state index is 0.140. The van der Waals surface area contributed by atoms with Crippen molar-refractivity contribution < 1.29 is 14.6 Å². The highest BCUT2D eigenvalue weighted by molar-refractivity contribution is 5.46. The molecule has 1 aromatic carbocycles. The van der Waals surface area contributed by atoms with Crippen LogP contribution in [0.2, 0.25) is 0 Å². The molecule has 0 aromatic heterocycles. The van der Waals surface area contributed by atoms with E-state index >= 15 is 0 Å². The molecule has 1 saturated carbocycles. The zero-order chi connectivity index (χ0) is 17.6. The van der Waals surface area contributed by atoms with E-state index in [9.17, 15) is 5.11 Å². The van der Waals surface area contributed by atoms with Crippen LogP contribution in [-0.2, 0) is 0 Å². The second kappa shape index (κ2) is 8.55. The Kier molecular flexibility index (Phi) is 6.17. The first-order valence-electron chi connectivity index (χ1n) is 9.36. The van der Waals surface area contributed by atoms with E-state index in [1.165, 1.54) is 19.3 Å². The van der Waals surface area contributed by atoms with Gasteiger partial charge in [-0.25, -0.2) is 0 Å². The van der Waals surface area contributed by atoms with Gasteiger partial charge in [-0.05, 0) is 44.4 Å². The van der Waals surface area contributed by atoms with Crippen molar-refractivity contribution in [3.63, 3.8) is 0 Å². The average Bonchev–Trinajstić information content (AvgIpc) is 3.10. The Hall–Kier alpha value is -1.77. The van der Waals surface area contributed by atoms with Crippen LogP contribution in [0, 0.1) is 17.2 Å². The van der Waals surface area contributed by atoms with Gasteiger partial charge >= 0.3 is 0 Å². The molecule has 2 fully saturated rings. The van der Waals surface area contributed by atoms with E-state index in [0.717, 1.165) is 32.4 Å². The molecule has 1 aliphatic heterocycles. The lowest BCUT2D eigenvalue weighted by Crippen LogP contribution is -2.43. The maximum Gasteiger partial charge on any atom is 0.162 e. The first-order valence-corrected chi connectivity index (χ1v) is 9.36. The first kappa shape index (κ1) is 18.0. The summed E-state index contributed by atoms with van der Waals surface area (Å²) >= 11 is 0. The van der Waals surface area contributed by atoms with E-state index in [1.807, 2.05) is 0 Å². The third-order valence-electron chi connectivity index (χ3n) is 5.62. The van der Waals surface area contributed by atoms with Gasteiger partial charge in [-0.15, -0.1) is 0 Å². The zero-order valence-electron chi connectivity index (χ0n) is 15.0. The van der Waals surface area contributed by atoms with Gasteiger partial charge in [0.2, 0.25) is 0 Å². The predicted molar refractivity (Wildman–Crippen MR) is 95.8 cm³/mol. The van der Waals surface area contributed by atoms with Gasteiger partial charge in [-0.1, -0.05) is 12.8 Å². The number of hydrogen-bond donors (Lipinski definition) is 1. The molecule has 0 bridgehead atoms. The fourth-order valence-corrected chi connectivity index (χ4v) is 4.33. The summed E-state index contributed by atoms with van der Waals surface area (Å²) in [5.74, 6) is 1.69. The standard InChI is InChI=1S/C20H28N2O3/c1-24-20-13-15(14-21)8-9-19(20)25-12-11-22-10-4-6-17(22)16-5-2-3-7-18(16)23/h8-9,13,16-18,23H,2-7,10-12H2,1H3/t16-,17-,18+/m1/s1. The van der Waals surface area contributed by atoms with Crippen LogP contribution in [0.25, 0.3) is 0 Å². The number of methoxy groups -OCH3 is 1. The molecule has 0 amide bonds. The Morgan fingerprint density at radius 1 is 1.20 bits per heavy atom. The van der Waals surface area contributed by atoms with Crippen molar-refractivity contribution in [2.45, 2.75) is 50.7 Å². The topological polar surface area (TPSA) is 65.7 Å². The van der Waals surface area contributed by atoms with Crippen molar-refractivity contribution in [3.8, 4) is 17.6 Å². The number of nitriles is 1. The van der Waals surface area contributed by atoms with Crippen LogP contribution < -0.4 is 9.47 Å². The second-order valence-electron chi connectivity index (χ2n) is 7.09. The number of likely N-dealkylation sites (tertiary alicyclic amines) is 1. The molecule has 25 heavy (non-hydrogen) atoms. The molecule has 3 rings (SSSR count). The molecule has 5 heteroatoms. The fraction of sp³-hybridized carbons (Fsp3) is 0.650. The molecule has 5 nitrogen and oxygen atoms in total. The lowest BCUT2D eigenvalue weighted by atomic mass is 9.80. The van der Waals surface area contributed by atoms with Gasteiger partial charge < -0.3 is 14.6 Å². The smallest absolute Gasteiger partial charge is 0.162 e. The van der Waals surface area contributed by atoms with Crippen LogP contribution in [0.15, 0.2) is 18.2 Å². The Bertz CT molecular complexity index is 613. The SMILES string of the molecule is COc1cc(C#N)ccc1OCCN1CCC[C@@H]1[C@H]1CCCC[C@@H]1O. The molecule has 0 radical (unpaired) electrons. The van der Waals surface area contributed by atoms with Crippen LogP contribution in [-0.4, -0.2) is 49.0 Å². The number of ether oxygens (including phenoxy) is 2. The maximum atomic E-state index is 10.4. The van der Waals surface area contributed by atoms with Gasteiger partial charge in [0.1, 0.15) is 6.61 Å². The van der Waals surface area contributed by atoms with Crippen molar-refractivity contribution in [2.75, 3.05) is 26.8 Å². The highest BCUT2D eigenvalue weighted by Gasteiger charge is 2.36. The van der Waals surface area contributed by atoms with Gasteiger partial charge in [0.25, 0.3) is 0 Å². The summed E-state index contributed by atoms with van der Waals surface area (Å²) in [7, 11) is 1.59. The van der Waals surface area contributed by atoms with E-state index in [1.54, 1.807) is 25.3 Å². The summed E-state index contributed by atoms with van der Waals surface area (Å²) < 4.78 is 11.2. The van der Waals surface area contributed by atoms with Crippen molar-refractivity contribution in [1.82, 2.24) is 4.90 Å². The number of benzene rings is 1. The largest absolute Gasteiger partial charge is 0.493 e. The predicted octanol–water partition coefficient (Wildman–Crippen LogP) is 2.96. The van der Waals surface area contributed by atoms with Gasteiger partial charge in [0.15, 0.2) is 11.5 Å². The minimum Gasteiger partial charge on any atom is -0.493 e. The number of hydrogen-bond acceptors (Lipinski definition) is 5. The second-order valence-corrected chi connectivity index (χ2v) is 7.09. The third-order valence-corrected chi connectivity index (χ3v) is 5.62. The van der Waals surface area contributed by atoms with Crippen LogP contribution in [0.4, 0.5) is 0 Å². The van der Waals surface area contributed by atoms with E-state index in [2.05, 4.69) is 11.0 Å². The molecule has 0 spiro atoms. The van der Waals surface area contributed by atoms with Crippen molar-refractivity contribution in [1.29, 1.82) is 5.26 Å². The van der Waals surface area contributed by atoms with Crippen molar-refractivity contribution in [2.24, 2.45) is 5.92 Å². The van der Waals surface area contributed by atoms with Crippen molar-refractivity contribution >= 4 is 0 Å². The number of aliphatic hydroxyl groups excluding tert-OH is 1. The lowest BCUT2D eigenvalue weighted by molar-refractivity contribution is 0.0193. The Labute approximate surface area is 150 Å². The highest BCUT2D eigenvalue weighted by Crippen LogP contribution is 2.34. The Morgan fingerprint density at radius 2 is 2.04 bits per heavy atom. The number of aliphatic hydroxyl groups is 1. The number of rotatable bonds is 6. The van der Waals surface area contributed by atoms with Gasteiger partial charge in [0, 0.05) is 24.6 Å². The number of nitrogens with zero attached hydrogens (tertiary/aromatic N) is 2. The molecule has 0 unspecified atom stereocenters. The monoisotopic (exact) mass is 344 g/mol. The van der Waals surface area contributed by atoms with E-state index in [-0.39, 0.29) is 6.10 Å². The van der Waals surface area contributed by atoms with Crippen LogP contribution in [0.5, 0.6) is 11.5 Å². The molecule has 1 aromatic rings. The van der Waals surface area contributed by atoms with E-state index < -0.39 is 0 Å². The summed E-state index contributed by atoms with van der Waals surface area (Å²) in [5.41, 5.74) is 0.565. The molecule has 3 atom stereocenters. The van der Waals surface area contributed by atoms with Crippen LogP contribution in [0.3, 0.4) is 0 Å². The van der Waals surface area contributed by atoms with E-state index in [4.69, 9.17) is 14.7 Å². The molecular formula is C20H28N2O3. The summed E-state index contributed by atoms with van der Waals surface area (Å²) in [6.45, 7) is 2.53. The molecule has 136 valence electrons. The van der Waals surface area contributed by atoms with Crippen molar-refractivity contribution in [3.05, 3.63) is 23.8 Å². The summed E-state index contributed by atoms with van der Waals surface area (Å²) in [5, 5.41) is 19.3. The highest BCUT2D eigenvalue weighted by atomic mass is 16.5. The average molecular weight is 344 g/mol. The summed E-state index contributed by atoms with van der Waals surface area (Å²) in [6.07, 6.45) is 6.74. The lowest BCUT2D eigenvalue weighted by Gasteiger charge is -2.37. The normalized spacial score (nSPS) is 27.0. The minimum atomic E-state index is -0.140. The van der Waals surface area contributed by atoms with Gasteiger partial charge in [-0.2, -0.15) is 5.26 Å². The van der Waals surface area contributed by atoms with Gasteiger partial charge in [-0.3, -0.25) is 4.90 Å². The maximum absolute atomic E-state index is 10.4. The van der Waals surface area contributed by atoms with E-state index in [0.29, 0.717) is 35.6 Å². The van der Waals surface area contributed by atoms with Crippen LogP contribution in [0.1, 0.15) is 44.1 Å².